The minimum Gasteiger partial charge on any atom is -0.333 e. The highest BCUT2D eigenvalue weighted by molar-refractivity contribution is 7.50. The molecule has 3 nitrogen and oxygen atoms in total. The molecule has 0 saturated heterocycles. The predicted octanol–water partition coefficient (Wildman–Crippen LogP) is 4.30. The summed E-state index contributed by atoms with van der Waals surface area (Å²) in [7, 11) is -1.12. The lowest BCUT2D eigenvalue weighted by molar-refractivity contribution is -0.119. The number of carbonyl (C=O) groups excluding carboxylic acids is 1. The van der Waals surface area contributed by atoms with Crippen LogP contribution in [0.15, 0.2) is 0 Å². The van der Waals surface area contributed by atoms with Crippen molar-refractivity contribution < 1.29 is 13.8 Å². The number of ketones is 1. The molecule has 0 atom stereocenters. The molecule has 17 heavy (non-hydrogen) atoms. The van der Waals surface area contributed by atoms with Crippen molar-refractivity contribution in [3.05, 3.63) is 0 Å². The summed E-state index contributed by atoms with van der Waals surface area (Å²) >= 11 is 0. The predicted molar refractivity (Wildman–Crippen MR) is 73.4 cm³/mol. The summed E-state index contributed by atoms with van der Waals surface area (Å²) in [6.07, 6.45) is 4.23. The van der Waals surface area contributed by atoms with Gasteiger partial charge in [-0.3, -0.25) is 4.79 Å². The molecule has 0 aliphatic carbocycles. The van der Waals surface area contributed by atoms with E-state index in [0.29, 0.717) is 13.2 Å². The Morgan fingerprint density at radius 1 is 1.06 bits per heavy atom. The van der Waals surface area contributed by atoms with E-state index in [-0.39, 0.29) is 5.78 Å². The summed E-state index contributed by atoms with van der Waals surface area (Å²) in [4.78, 5) is 11.6. The zero-order chi connectivity index (χ0) is 13.3. The summed E-state index contributed by atoms with van der Waals surface area (Å²) in [5.41, 5.74) is 0. The molecule has 0 aliphatic heterocycles. The topological polar surface area (TPSA) is 35.5 Å². The van der Waals surface area contributed by atoms with Crippen LogP contribution in [0.2, 0.25) is 0 Å². The molecule has 0 fully saturated rings. The van der Waals surface area contributed by atoms with Gasteiger partial charge in [0.15, 0.2) is 8.38 Å². The van der Waals surface area contributed by atoms with E-state index < -0.39 is 13.5 Å². The maximum Gasteiger partial charge on any atom is 0.184 e. The Bertz CT molecular complexity index is 207. The first-order chi connectivity index (χ1) is 7.96. The third kappa shape index (κ3) is 6.49. The van der Waals surface area contributed by atoms with Gasteiger partial charge in [0.25, 0.3) is 0 Å². The van der Waals surface area contributed by atoms with Crippen LogP contribution in [-0.4, -0.2) is 24.2 Å². The van der Waals surface area contributed by atoms with Gasteiger partial charge in [0.1, 0.15) is 5.78 Å². The second-order valence-electron chi connectivity index (χ2n) is 4.75. The molecule has 0 rings (SSSR count). The number of rotatable bonds is 10. The molecule has 0 aromatic carbocycles. The van der Waals surface area contributed by atoms with Gasteiger partial charge in [-0.05, 0) is 33.6 Å². The van der Waals surface area contributed by atoms with Crippen molar-refractivity contribution in [2.75, 3.05) is 13.2 Å². The second kappa shape index (κ2) is 9.02. The van der Waals surface area contributed by atoms with Crippen molar-refractivity contribution in [1.82, 2.24) is 0 Å². The van der Waals surface area contributed by atoms with Crippen molar-refractivity contribution in [2.24, 2.45) is 0 Å². The summed E-state index contributed by atoms with van der Waals surface area (Å²) in [6, 6.07) is 0. The SMILES string of the molecule is CCCCOP(OCCCC)C(C)(C)C(C)=O. The van der Waals surface area contributed by atoms with E-state index in [4.69, 9.17) is 9.05 Å². The summed E-state index contributed by atoms with van der Waals surface area (Å²) < 4.78 is 11.6. The minimum atomic E-state index is -1.12. The second-order valence-corrected chi connectivity index (χ2v) is 6.89. The van der Waals surface area contributed by atoms with Crippen molar-refractivity contribution in [3.8, 4) is 0 Å². The Kier molecular flexibility index (Phi) is 9.03. The van der Waals surface area contributed by atoms with E-state index in [2.05, 4.69) is 13.8 Å². The Balaban J connectivity index is 4.32. The van der Waals surface area contributed by atoms with E-state index in [1.807, 2.05) is 13.8 Å². The average molecular weight is 262 g/mol. The molecular weight excluding hydrogens is 235 g/mol. The number of Topliss-reactive ketones (excluding diaryl/α,β-unsaturated/α-hetero) is 1. The van der Waals surface area contributed by atoms with Crippen LogP contribution in [0.4, 0.5) is 0 Å². The highest BCUT2D eigenvalue weighted by Crippen LogP contribution is 2.52. The Morgan fingerprint density at radius 3 is 1.76 bits per heavy atom. The maximum atomic E-state index is 11.6. The molecule has 0 unspecified atom stereocenters. The van der Waals surface area contributed by atoms with Crippen LogP contribution in [0.25, 0.3) is 0 Å². The van der Waals surface area contributed by atoms with Crippen LogP contribution in [0.3, 0.4) is 0 Å². The van der Waals surface area contributed by atoms with Crippen LogP contribution in [0, 0.1) is 0 Å². The van der Waals surface area contributed by atoms with Gasteiger partial charge in [-0.15, -0.1) is 0 Å². The number of carbonyl (C=O) groups is 1. The highest BCUT2D eigenvalue weighted by Gasteiger charge is 2.36. The van der Waals surface area contributed by atoms with Crippen LogP contribution in [0.5, 0.6) is 0 Å². The van der Waals surface area contributed by atoms with E-state index in [9.17, 15) is 4.79 Å². The molecule has 0 spiro atoms. The molecule has 0 N–H and O–H groups in total. The van der Waals surface area contributed by atoms with E-state index >= 15 is 0 Å². The summed E-state index contributed by atoms with van der Waals surface area (Å²) in [5.74, 6) is 0.136. The van der Waals surface area contributed by atoms with Gasteiger partial charge in [-0.25, -0.2) is 0 Å². The van der Waals surface area contributed by atoms with Gasteiger partial charge >= 0.3 is 0 Å². The fraction of sp³-hybridized carbons (Fsp3) is 0.923. The third-order valence-corrected chi connectivity index (χ3v) is 4.79. The monoisotopic (exact) mass is 262 g/mol. The molecule has 0 amide bonds. The quantitative estimate of drug-likeness (QED) is 0.435. The lowest BCUT2D eigenvalue weighted by Gasteiger charge is -2.30. The smallest absolute Gasteiger partial charge is 0.184 e. The molecule has 102 valence electrons. The largest absolute Gasteiger partial charge is 0.333 e. The van der Waals surface area contributed by atoms with Gasteiger partial charge < -0.3 is 9.05 Å². The van der Waals surface area contributed by atoms with Gasteiger partial charge in [0, 0.05) is 0 Å². The number of hydrogen-bond donors (Lipinski definition) is 0. The first kappa shape index (κ1) is 17.0. The zero-order valence-electron chi connectivity index (χ0n) is 11.9. The normalized spacial score (nSPS) is 12.1. The molecule has 0 bridgehead atoms. The standard InChI is InChI=1S/C13H27O3P/c1-6-8-10-15-17(16-11-9-7-2)13(4,5)12(3)14/h6-11H2,1-5H3. The Labute approximate surface area is 107 Å². The Morgan fingerprint density at radius 2 is 1.47 bits per heavy atom. The molecule has 0 aromatic rings. The van der Waals surface area contributed by atoms with Gasteiger partial charge in [-0.2, -0.15) is 0 Å². The first-order valence-corrected chi connectivity index (χ1v) is 7.71. The lowest BCUT2D eigenvalue weighted by atomic mass is 10.1. The molecular formula is C13H27O3P. The van der Waals surface area contributed by atoms with E-state index in [1.165, 1.54) is 0 Å². The molecule has 0 heterocycles. The average Bonchev–Trinajstić information content (AvgIpc) is 2.27. The van der Waals surface area contributed by atoms with Gasteiger partial charge in [-0.1, -0.05) is 26.7 Å². The Hall–Kier alpha value is 0.0200. The van der Waals surface area contributed by atoms with Gasteiger partial charge in [0.05, 0.1) is 18.4 Å². The molecule has 0 aliphatic rings. The highest BCUT2D eigenvalue weighted by atomic mass is 31.2. The fourth-order valence-corrected chi connectivity index (χ4v) is 2.64. The van der Waals surface area contributed by atoms with E-state index in [0.717, 1.165) is 25.7 Å². The maximum absolute atomic E-state index is 11.6. The van der Waals surface area contributed by atoms with Crippen LogP contribution in [-0.2, 0) is 13.8 Å². The van der Waals surface area contributed by atoms with Crippen molar-refractivity contribution >= 4 is 14.2 Å². The van der Waals surface area contributed by atoms with Crippen LogP contribution < -0.4 is 0 Å². The number of unbranched alkanes of at least 4 members (excludes halogenated alkanes) is 2. The fourth-order valence-electron chi connectivity index (χ4n) is 1.07. The third-order valence-electron chi connectivity index (χ3n) is 2.73. The lowest BCUT2D eigenvalue weighted by Crippen LogP contribution is -2.29. The summed E-state index contributed by atoms with van der Waals surface area (Å²) in [6.45, 7) is 11.1. The minimum absolute atomic E-state index is 0.136. The number of hydrogen-bond acceptors (Lipinski definition) is 3. The molecule has 0 radical (unpaired) electrons. The van der Waals surface area contributed by atoms with Crippen molar-refractivity contribution in [3.63, 3.8) is 0 Å². The van der Waals surface area contributed by atoms with E-state index in [1.54, 1.807) is 6.92 Å². The van der Waals surface area contributed by atoms with Crippen LogP contribution >= 0.6 is 8.38 Å². The van der Waals surface area contributed by atoms with Gasteiger partial charge in [0.2, 0.25) is 0 Å². The molecule has 0 saturated carbocycles. The molecule has 4 heteroatoms. The van der Waals surface area contributed by atoms with Crippen molar-refractivity contribution in [1.29, 1.82) is 0 Å². The summed E-state index contributed by atoms with van der Waals surface area (Å²) in [5, 5.41) is -0.503. The zero-order valence-corrected chi connectivity index (χ0v) is 12.8. The first-order valence-electron chi connectivity index (χ1n) is 6.53. The van der Waals surface area contributed by atoms with Crippen LogP contribution in [0.1, 0.15) is 60.3 Å². The van der Waals surface area contributed by atoms with Crippen molar-refractivity contribution in [2.45, 2.75) is 65.5 Å². The molecule has 0 aromatic heterocycles.